The molecule has 27 heavy (non-hydrogen) atoms. The molecular weight excluding hydrogens is 358 g/mol. The molecule has 2 heterocycles. The number of benzene rings is 1. The van der Waals surface area contributed by atoms with E-state index in [1.165, 1.54) is 11.0 Å². The smallest absolute Gasteiger partial charge is 0.195 e. The van der Waals surface area contributed by atoms with Crippen molar-refractivity contribution in [3.05, 3.63) is 81.4 Å². The maximum absolute atomic E-state index is 12.2. The van der Waals surface area contributed by atoms with E-state index in [9.17, 15) is 4.79 Å². The van der Waals surface area contributed by atoms with E-state index in [1.807, 2.05) is 18.2 Å². The third-order valence-electron chi connectivity index (χ3n) is 3.85. The van der Waals surface area contributed by atoms with Gasteiger partial charge in [0.1, 0.15) is 23.9 Å². The molecule has 0 saturated carbocycles. The number of aryl methyl sites for hydroxylation is 1. The van der Waals surface area contributed by atoms with E-state index < -0.39 is 0 Å². The zero-order valence-electron chi connectivity index (χ0n) is 15.0. The first-order valence-electron chi connectivity index (χ1n) is 8.70. The SMILES string of the molecule is CCCc1ccc(C(=O)/C=C/c2ccc(COc3ccc(C#N)cc3)o2)s1. The molecule has 0 spiro atoms. The molecular formula is C22H19NO3S. The van der Waals surface area contributed by atoms with Crippen molar-refractivity contribution < 1.29 is 13.9 Å². The molecule has 0 unspecified atom stereocenters. The summed E-state index contributed by atoms with van der Waals surface area (Å²) in [5, 5.41) is 8.79. The molecule has 0 radical (unpaired) electrons. The number of ketones is 1. The molecule has 0 aliphatic carbocycles. The fraction of sp³-hybridized carbons (Fsp3) is 0.182. The zero-order valence-corrected chi connectivity index (χ0v) is 15.8. The number of furan rings is 1. The van der Waals surface area contributed by atoms with E-state index in [4.69, 9.17) is 14.4 Å². The summed E-state index contributed by atoms with van der Waals surface area (Å²) in [5.41, 5.74) is 0.588. The van der Waals surface area contributed by atoms with Crippen LogP contribution in [0.15, 0.2) is 59.0 Å². The van der Waals surface area contributed by atoms with Crippen molar-refractivity contribution in [2.24, 2.45) is 0 Å². The quantitative estimate of drug-likeness (QED) is 0.376. The van der Waals surface area contributed by atoms with Crippen LogP contribution in [0.2, 0.25) is 0 Å². The van der Waals surface area contributed by atoms with Crippen LogP contribution in [0.1, 0.15) is 45.0 Å². The van der Waals surface area contributed by atoms with E-state index in [2.05, 4.69) is 13.0 Å². The molecule has 0 N–H and O–H groups in total. The van der Waals surface area contributed by atoms with Gasteiger partial charge in [0.15, 0.2) is 5.78 Å². The maximum atomic E-state index is 12.2. The highest BCUT2D eigenvalue weighted by Crippen LogP contribution is 2.20. The van der Waals surface area contributed by atoms with E-state index in [1.54, 1.807) is 47.7 Å². The summed E-state index contributed by atoms with van der Waals surface area (Å²) in [7, 11) is 0. The van der Waals surface area contributed by atoms with Gasteiger partial charge >= 0.3 is 0 Å². The first-order chi connectivity index (χ1) is 13.2. The van der Waals surface area contributed by atoms with Gasteiger partial charge in [-0.05, 0) is 67.1 Å². The molecule has 3 rings (SSSR count). The highest BCUT2D eigenvalue weighted by atomic mass is 32.1. The normalized spacial score (nSPS) is 10.8. The van der Waals surface area contributed by atoms with Crippen LogP contribution in [-0.2, 0) is 13.0 Å². The molecule has 0 amide bonds. The van der Waals surface area contributed by atoms with Gasteiger partial charge in [0, 0.05) is 4.88 Å². The fourth-order valence-electron chi connectivity index (χ4n) is 2.47. The monoisotopic (exact) mass is 377 g/mol. The lowest BCUT2D eigenvalue weighted by atomic mass is 10.2. The number of rotatable bonds is 8. The van der Waals surface area contributed by atoms with E-state index in [0.717, 1.165) is 17.7 Å². The van der Waals surface area contributed by atoms with Gasteiger partial charge < -0.3 is 9.15 Å². The summed E-state index contributed by atoms with van der Waals surface area (Å²) in [6.45, 7) is 2.40. The highest BCUT2D eigenvalue weighted by Gasteiger charge is 2.07. The first kappa shape index (κ1) is 18.7. The van der Waals surface area contributed by atoms with Crippen molar-refractivity contribution in [3.63, 3.8) is 0 Å². The Bertz CT molecular complexity index is 974. The molecule has 5 heteroatoms. The Morgan fingerprint density at radius 2 is 2.00 bits per heavy atom. The number of nitrogens with zero attached hydrogens (tertiary/aromatic N) is 1. The van der Waals surface area contributed by atoms with Gasteiger partial charge in [-0.2, -0.15) is 5.26 Å². The van der Waals surface area contributed by atoms with Crippen molar-refractivity contribution in [2.75, 3.05) is 0 Å². The molecule has 136 valence electrons. The summed E-state index contributed by atoms with van der Waals surface area (Å²) in [6, 6.07) is 16.5. The summed E-state index contributed by atoms with van der Waals surface area (Å²) in [6.07, 6.45) is 5.28. The van der Waals surface area contributed by atoms with Crippen molar-refractivity contribution >= 4 is 23.2 Å². The molecule has 4 nitrogen and oxygen atoms in total. The molecule has 2 aromatic heterocycles. The lowest BCUT2D eigenvalue weighted by Crippen LogP contribution is -1.93. The molecule has 0 fully saturated rings. The van der Waals surface area contributed by atoms with Gasteiger partial charge in [-0.25, -0.2) is 0 Å². The van der Waals surface area contributed by atoms with Crippen LogP contribution < -0.4 is 4.74 Å². The Morgan fingerprint density at radius 3 is 2.74 bits per heavy atom. The Kier molecular flexibility index (Phi) is 6.24. The van der Waals surface area contributed by atoms with Crippen LogP contribution in [-0.4, -0.2) is 5.78 Å². The Labute approximate surface area is 162 Å². The number of thiophene rings is 1. The van der Waals surface area contributed by atoms with E-state index in [0.29, 0.717) is 22.8 Å². The van der Waals surface area contributed by atoms with Crippen molar-refractivity contribution in [1.82, 2.24) is 0 Å². The fourth-order valence-corrected chi connectivity index (χ4v) is 3.50. The van der Waals surface area contributed by atoms with Crippen LogP contribution in [0.4, 0.5) is 0 Å². The van der Waals surface area contributed by atoms with Crippen LogP contribution in [0.25, 0.3) is 6.08 Å². The Balaban J connectivity index is 1.55. The molecule has 0 saturated heterocycles. The lowest BCUT2D eigenvalue weighted by molar-refractivity contribution is 0.105. The summed E-state index contributed by atoms with van der Waals surface area (Å²) in [5.74, 6) is 1.91. The van der Waals surface area contributed by atoms with Crippen molar-refractivity contribution in [2.45, 2.75) is 26.4 Å². The number of hydrogen-bond acceptors (Lipinski definition) is 5. The molecule has 0 aliphatic rings. The highest BCUT2D eigenvalue weighted by molar-refractivity contribution is 7.14. The number of carbonyl (C=O) groups is 1. The minimum Gasteiger partial charge on any atom is -0.486 e. The van der Waals surface area contributed by atoms with Gasteiger partial charge in [-0.15, -0.1) is 11.3 Å². The van der Waals surface area contributed by atoms with Gasteiger partial charge in [0.05, 0.1) is 16.5 Å². The predicted octanol–water partition coefficient (Wildman–Crippen LogP) is 5.64. The minimum absolute atomic E-state index is 0.0193. The topological polar surface area (TPSA) is 63.2 Å². The third kappa shape index (κ3) is 5.19. The van der Waals surface area contributed by atoms with Crippen LogP contribution >= 0.6 is 11.3 Å². The number of hydrogen-bond donors (Lipinski definition) is 0. The minimum atomic E-state index is -0.0193. The predicted molar refractivity (Wildman–Crippen MR) is 106 cm³/mol. The second kappa shape index (κ2) is 9.02. The Hall–Kier alpha value is -3.10. The number of nitriles is 1. The van der Waals surface area contributed by atoms with Crippen LogP contribution in [0.5, 0.6) is 5.75 Å². The molecule has 0 bridgehead atoms. The van der Waals surface area contributed by atoms with Gasteiger partial charge in [0.2, 0.25) is 0 Å². The van der Waals surface area contributed by atoms with Gasteiger partial charge in [-0.1, -0.05) is 13.3 Å². The van der Waals surface area contributed by atoms with Gasteiger partial charge in [-0.3, -0.25) is 4.79 Å². The molecule has 0 aliphatic heterocycles. The summed E-state index contributed by atoms with van der Waals surface area (Å²) >= 11 is 1.54. The Morgan fingerprint density at radius 1 is 1.19 bits per heavy atom. The first-order valence-corrected chi connectivity index (χ1v) is 9.52. The number of allylic oxidation sites excluding steroid dienone is 1. The maximum Gasteiger partial charge on any atom is 0.195 e. The molecule has 0 atom stereocenters. The molecule has 3 aromatic rings. The number of ether oxygens (including phenoxy) is 1. The van der Waals surface area contributed by atoms with E-state index >= 15 is 0 Å². The second-order valence-corrected chi connectivity index (χ2v) is 7.11. The average molecular weight is 377 g/mol. The largest absolute Gasteiger partial charge is 0.486 e. The standard InChI is InChI=1S/C22H19NO3S/c1-2-3-20-11-13-22(27-20)21(24)12-10-18-8-9-19(26-18)15-25-17-6-4-16(14-23)5-7-17/h4-13H,2-3,15H2,1H3/b12-10+. The summed E-state index contributed by atoms with van der Waals surface area (Å²) in [4.78, 5) is 14.2. The zero-order chi connectivity index (χ0) is 19.1. The van der Waals surface area contributed by atoms with Crippen LogP contribution in [0.3, 0.4) is 0 Å². The van der Waals surface area contributed by atoms with Crippen LogP contribution in [0, 0.1) is 11.3 Å². The van der Waals surface area contributed by atoms with Gasteiger partial charge in [0.25, 0.3) is 0 Å². The van der Waals surface area contributed by atoms with Crippen molar-refractivity contribution in [1.29, 1.82) is 5.26 Å². The van der Waals surface area contributed by atoms with E-state index in [-0.39, 0.29) is 12.4 Å². The summed E-state index contributed by atoms with van der Waals surface area (Å²) < 4.78 is 11.3. The molecule has 1 aromatic carbocycles. The average Bonchev–Trinajstić information content (AvgIpc) is 3.35. The van der Waals surface area contributed by atoms with Crippen molar-refractivity contribution in [3.8, 4) is 11.8 Å². The third-order valence-corrected chi connectivity index (χ3v) is 5.01. The lowest BCUT2D eigenvalue weighted by Gasteiger charge is -2.03. The second-order valence-electron chi connectivity index (χ2n) is 5.94. The number of carbonyl (C=O) groups excluding carboxylic acids is 1.